The third kappa shape index (κ3) is 3.06. The SMILES string of the molecule is CCc1ccc(C)c(S(=O)(=O)CCCO)c1. The van der Waals surface area contributed by atoms with E-state index in [1.54, 1.807) is 13.0 Å². The largest absolute Gasteiger partial charge is 0.396 e. The number of hydrogen-bond donors (Lipinski definition) is 1. The number of sulfone groups is 1. The van der Waals surface area contributed by atoms with Gasteiger partial charge in [0.25, 0.3) is 0 Å². The molecule has 0 aliphatic rings. The lowest BCUT2D eigenvalue weighted by atomic mass is 10.1. The minimum atomic E-state index is -3.25. The van der Waals surface area contributed by atoms with Gasteiger partial charge in [-0.15, -0.1) is 0 Å². The molecule has 0 radical (unpaired) electrons. The van der Waals surface area contributed by atoms with Gasteiger partial charge in [0.1, 0.15) is 0 Å². The highest BCUT2D eigenvalue weighted by Crippen LogP contribution is 2.19. The highest BCUT2D eigenvalue weighted by Gasteiger charge is 2.16. The molecular formula is C12H18O3S. The first-order valence-electron chi connectivity index (χ1n) is 5.44. The van der Waals surface area contributed by atoms with Gasteiger partial charge in [0.2, 0.25) is 0 Å². The smallest absolute Gasteiger partial charge is 0.178 e. The molecule has 1 rings (SSSR count). The Balaban J connectivity index is 3.11. The molecule has 1 aromatic carbocycles. The lowest BCUT2D eigenvalue weighted by molar-refractivity contribution is 0.295. The van der Waals surface area contributed by atoms with Crippen molar-refractivity contribution in [3.63, 3.8) is 0 Å². The third-order valence-electron chi connectivity index (χ3n) is 2.57. The Morgan fingerprint density at radius 3 is 2.56 bits per heavy atom. The van der Waals surface area contributed by atoms with E-state index in [0.717, 1.165) is 17.5 Å². The average molecular weight is 242 g/mol. The van der Waals surface area contributed by atoms with E-state index in [9.17, 15) is 8.42 Å². The van der Waals surface area contributed by atoms with E-state index in [1.807, 2.05) is 19.1 Å². The van der Waals surface area contributed by atoms with Crippen molar-refractivity contribution in [2.24, 2.45) is 0 Å². The summed E-state index contributed by atoms with van der Waals surface area (Å²) in [5.74, 6) is 0.0114. The first-order chi connectivity index (χ1) is 7.51. The highest BCUT2D eigenvalue weighted by molar-refractivity contribution is 7.91. The Morgan fingerprint density at radius 1 is 1.31 bits per heavy atom. The van der Waals surface area contributed by atoms with Crippen LogP contribution in [-0.4, -0.2) is 25.9 Å². The van der Waals surface area contributed by atoms with Gasteiger partial charge in [-0.05, 0) is 37.0 Å². The molecule has 0 atom stereocenters. The van der Waals surface area contributed by atoms with Gasteiger partial charge in [-0.1, -0.05) is 19.1 Å². The third-order valence-corrected chi connectivity index (χ3v) is 4.50. The van der Waals surface area contributed by atoms with Crippen molar-refractivity contribution in [1.29, 1.82) is 0 Å². The fourth-order valence-electron chi connectivity index (χ4n) is 1.56. The van der Waals surface area contributed by atoms with E-state index in [2.05, 4.69) is 0 Å². The summed E-state index contributed by atoms with van der Waals surface area (Å²) in [7, 11) is -3.25. The van der Waals surface area contributed by atoms with Gasteiger partial charge >= 0.3 is 0 Å². The molecule has 0 saturated carbocycles. The van der Waals surface area contributed by atoms with E-state index in [4.69, 9.17) is 5.11 Å². The van der Waals surface area contributed by atoms with Gasteiger partial charge in [-0.25, -0.2) is 8.42 Å². The number of aliphatic hydroxyl groups is 1. The van der Waals surface area contributed by atoms with Crippen LogP contribution < -0.4 is 0 Å². The van der Waals surface area contributed by atoms with Crippen LogP contribution in [0.3, 0.4) is 0 Å². The van der Waals surface area contributed by atoms with Crippen LogP contribution in [0, 0.1) is 6.92 Å². The van der Waals surface area contributed by atoms with Gasteiger partial charge in [0.05, 0.1) is 10.6 Å². The number of rotatable bonds is 5. The molecule has 4 heteroatoms. The number of hydrogen-bond acceptors (Lipinski definition) is 3. The lowest BCUT2D eigenvalue weighted by Crippen LogP contribution is -2.10. The second-order valence-electron chi connectivity index (χ2n) is 3.85. The summed E-state index contributed by atoms with van der Waals surface area (Å²) in [5, 5.41) is 8.68. The van der Waals surface area contributed by atoms with Crippen LogP contribution in [-0.2, 0) is 16.3 Å². The maximum absolute atomic E-state index is 12.0. The Bertz CT molecular complexity index is 449. The van der Waals surface area contributed by atoms with Crippen molar-refractivity contribution in [3.05, 3.63) is 29.3 Å². The summed E-state index contributed by atoms with van der Waals surface area (Å²) < 4.78 is 23.9. The van der Waals surface area contributed by atoms with E-state index in [-0.39, 0.29) is 18.8 Å². The second-order valence-corrected chi connectivity index (χ2v) is 5.93. The second kappa shape index (κ2) is 5.46. The summed E-state index contributed by atoms with van der Waals surface area (Å²) in [6.07, 6.45) is 1.11. The maximum Gasteiger partial charge on any atom is 0.178 e. The fraction of sp³-hybridized carbons (Fsp3) is 0.500. The topological polar surface area (TPSA) is 54.4 Å². The Hall–Kier alpha value is -0.870. The normalized spacial score (nSPS) is 11.7. The van der Waals surface area contributed by atoms with Crippen molar-refractivity contribution >= 4 is 9.84 Å². The van der Waals surface area contributed by atoms with E-state index in [1.165, 1.54) is 0 Å². The lowest BCUT2D eigenvalue weighted by Gasteiger charge is -2.08. The molecule has 0 unspecified atom stereocenters. The molecule has 3 nitrogen and oxygen atoms in total. The summed E-state index contributed by atoms with van der Waals surface area (Å²) >= 11 is 0. The van der Waals surface area contributed by atoms with Gasteiger partial charge in [-0.2, -0.15) is 0 Å². The molecule has 0 heterocycles. The van der Waals surface area contributed by atoms with E-state index >= 15 is 0 Å². The molecule has 1 aromatic rings. The molecule has 16 heavy (non-hydrogen) atoms. The van der Waals surface area contributed by atoms with Gasteiger partial charge in [0, 0.05) is 6.61 Å². The molecule has 0 aromatic heterocycles. The van der Waals surface area contributed by atoms with Crippen LogP contribution in [0.25, 0.3) is 0 Å². The molecule has 0 spiro atoms. The summed E-state index contributed by atoms with van der Waals surface area (Å²) in [6.45, 7) is 3.70. The predicted octanol–water partition coefficient (Wildman–Crippen LogP) is 1.71. The first-order valence-corrected chi connectivity index (χ1v) is 7.09. The Morgan fingerprint density at radius 2 is 2.00 bits per heavy atom. The average Bonchev–Trinajstić information content (AvgIpc) is 2.27. The fourth-order valence-corrected chi connectivity index (χ4v) is 3.18. The Kier molecular flexibility index (Phi) is 4.50. The summed E-state index contributed by atoms with van der Waals surface area (Å²) in [4.78, 5) is 0.403. The van der Waals surface area contributed by atoms with Crippen molar-refractivity contribution < 1.29 is 13.5 Å². The van der Waals surface area contributed by atoms with Crippen molar-refractivity contribution in [1.82, 2.24) is 0 Å². The zero-order valence-electron chi connectivity index (χ0n) is 9.73. The minimum absolute atomic E-state index is 0.0114. The first kappa shape index (κ1) is 13.2. The quantitative estimate of drug-likeness (QED) is 0.855. The molecule has 90 valence electrons. The summed E-state index contributed by atoms with van der Waals surface area (Å²) in [6, 6.07) is 5.52. The van der Waals surface area contributed by atoms with Crippen molar-refractivity contribution in [3.8, 4) is 0 Å². The highest BCUT2D eigenvalue weighted by atomic mass is 32.2. The van der Waals surface area contributed by atoms with Crippen LogP contribution in [0.2, 0.25) is 0 Å². The number of aliphatic hydroxyl groups excluding tert-OH is 1. The molecule has 0 fully saturated rings. The van der Waals surface area contributed by atoms with Crippen LogP contribution >= 0.6 is 0 Å². The van der Waals surface area contributed by atoms with Crippen molar-refractivity contribution in [2.45, 2.75) is 31.6 Å². The van der Waals surface area contributed by atoms with E-state index in [0.29, 0.717) is 4.90 Å². The minimum Gasteiger partial charge on any atom is -0.396 e. The van der Waals surface area contributed by atoms with Crippen LogP contribution in [0.15, 0.2) is 23.1 Å². The zero-order valence-corrected chi connectivity index (χ0v) is 10.5. The van der Waals surface area contributed by atoms with Gasteiger partial charge in [-0.3, -0.25) is 0 Å². The molecular weight excluding hydrogens is 224 g/mol. The zero-order chi connectivity index (χ0) is 12.2. The monoisotopic (exact) mass is 242 g/mol. The number of benzene rings is 1. The van der Waals surface area contributed by atoms with Gasteiger partial charge in [0.15, 0.2) is 9.84 Å². The molecule has 0 aliphatic carbocycles. The van der Waals surface area contributed by atoms with Crippen LogP contribution in [0.1, 0.15) is 24.5 Å². The number of aryl methyl sites for hydroxylation is 2. The van der Waals surface area contributed by atoms with Gasteiger partial charge < -0.3 is 5.11 Å². The van der Waals surface area contributed by atoms with Crippen LogP contribution in [0.5, 0.6) is 0 Å². The predicted molar refractivity (Wildman–Crippen MR) is 64.3 cm³/mol. The molecule has 0 amide bonds. The Labute approximate surface area is 97.0 Å². The van der Waals surface area contributed by atoms with E-state index < -0.39 is 9.84 Å². The molecule has 0 saturated heterocycles. The maximum atomic E-state index is 12.0. The van der Waals surface area contributed by atoms with Crippen molar-refractivity contribution in [2.75, 3.05) is 12.4 Å². The molecule has 0 bridgehead atoms. The van der Waals surface area contributed by atoms with Crippen LogP contribution in [0.4, 0.5) is 0 Å². The molecule has 0 aliphatic heterocycles. The standard InChI is InChI=1S/C12H18O3S/c1-3-11-6-5-10(2)12(9-11)16(14,15)8-4-7-13/h5-6,9,13H,3-4,7-8H2,1-2H3. The summed E-state index contributed by atoms with van der Waals surface area (Å²) in [5.41, 5.74) is 1.79. The molecule has 1 N–H and O–H groups in total.